The number of carbonyl (C=O) groups excluding carboxylic acids is 3. The molecule has 9 nitrogen and oxygen atoms in total. The number of hydrogen-bond donors (Lipinski definition) is 2. The highest BCUT2D eigenvalue weighted by atomic mass is 32.2. The van der Waals surface area contributed by atoms with Crippen molar-refractivity contribution in [3.63, 3.8) is 0 Å². The third-order valence-corrected chi connectivity index (χ3v) is 12.4. The van der Waals surface area contributed by atoms with Crippen molar-refractivity contribution in [2.75, 3.05) is 38.5 Å². The van der Waals surface area contributed by atoms with E-state index in [1.54, 1.807) is 23.2 Å². The van der Waals surface area contributed by atoms with E-state index in [4.69, 9.17) is 4.74 Å². The van der Waals surface area contributed by atoms with Crippen LogP contribution in [-0.2, 0) is 20.9 Å². The summed E-state index contributed by atoms with van der Waals surface area (Å²) in [5.74, 6) is 2.14. The van der Waals surface area contributed by atoms with Crippen LogP contribution >= 0.6 is 23.1 Å². The lowest BCUT2D eigenvalue weighted by Gasteiger charge is -2.39. The monoisotopic (exact) mass is 779 g/mol. The lowest BCUT2D eigenvalue weighted by atomic mass is 9.85. The van der Waals surface area contributed by atoms with E-state index >= 15 is 0 Å². The molecule has 2 aromatic carbocycles. The zero-order chi connectivity index (χ0) is 38.7. The maximum absolute atomic E-state index is 13.5. The summed E-state index contributed by atoms with van der Waals surface area (Å²) in [6.07, 6.45) is 6.90. The summed E-state index contributed by atoms with van der Waals surface area (Å²) in [6, 6.07) is 15.5. The minimum absolute atomic E-state index is 0.189. The fourth-order valence-corrected chi connectivity index (χ4v) is 8.51. The summed E-state index contributed by atoms with van der Waals surface area (Å²) < 4.78 is 18.2. The average molecular weight is 780 g/mol. The lowest BCUT2D eigenvalue weighted by molar-refractivity contribution is -0.142. The average Bonchev–Trinajstić information content (AvgIpc) is 3.45. The second-order valence-electron chi connectivity index (χ2n) is 16.1. The van der Waals surface area contributed by atoms with Gasteiger partial charge in [0.05, 0.1) is 22.7 Å². The van der Waals surface area contributed by atoms with Crippen LogP contribution in [0.4, 0.5) is 4.39 Å². The second kappa shape index (κ2) is 19.4. The van der Waals surface area contributed by atoms with Crippen molar-refractivity contribution in [2.45, 2.75) is 109 Å². The Labute approximate surface area is 329 Å². The Morgan fingerprint density at radius 1 is 1.15 bits per heavy atom. The maximum atomic E-state index is 13.5. The summed E-state index contributed by atoms with van der Waals surface area (Å²) in [5, 5.41) is 5.76. The molecule has 3 amide bonds. The molecular formula is C42H58FN5O4S2. The highest BCUT2D eigenvalue weighted by molar-refractivity contribution is 7.99. The van der Waals surface area contributed by atoms with E-state index in [0.29, 0.717) is 38.4 Å². The van der Waals surface area contributed by atoms with Crippen LogP contribution in [0, 0.1) is 18.3 Å². The van der Waals surface area contributed by atoms with Gasteiger partial charge in [-0.2, -0.15) is 0 Å². The SMILES string of the molecule is CC1(F)CC1.Cc1ncsc1-c1ccc(CNC(=O)C2CCCN2C(=O)C(NC=O)C(C)(C)C)c(OCCC2CN(CCCCSc3ccccc3)C2)c1. The van der Waals surface area contributed by atoms with Gasteiger partial charge >= 0.3 is 0 Å². The molecular weight excluding hydrogens is 722 g/mol. The van der Waals surface area contributed by atoms with E-state index in [9.17, 15) is 18.8 Å². The van der Waals surface area contributed by atoms with Crippen molar-refractivity contribution in [3.05, 3.63) is 65.3 Å². The second-order valence-corrected chi connectivity index (χ2v) is 18.1. The number of halogens is 1. The van der Waals surface area contributed by atoms with Crippen LogP contribution in [0.1, 0.15) is 83.9 Å². The topological polar surface area (TPSA) is 104 Å². The Bertz CT molecular complexity index is 1670. The molecule has 54 heavy (non-hydrogen) atoms. The van der Waals surface area contributed by atoms with Crippen molar-refractivity contribution in [2.24, 2.45) is 11.3 Å². The third kappa shape index (κ3) is 12.3. The van der Waals surface area contributed by atoms with Gasteiger partial charge in [0.1, 0.15) is 23.5 Å². The largest absolute Gasteiger partial charge is 0.493 e. The van der Waals surface area contributed by atoms with E-state index in [2.05, 4.69) is 63.0 Å². The number of aryl methyl sites for hydroxylation is 1. The first-order valence-corrected chi connectivity index (χ1v) is 21.2. The number of likely N-dealkylation sites (tertiary alicyclic amines) is 2. The Balaban J connectivity index is 0.00000103. The van der Waals surface area contributed by atoms with Crippen molar-refractivity contribution in [1.29, 1.82) is 0 Å². The van der Waals surface area contributed by atoms with E-state index in [1.807, 2.05) is 51.0 Å². The number of alkyl halides is 1. The first-order chi connectivity index (χ1) is 25.8. The van der Waals surface area contributed by atoms with Gasteiger partial charge in [0.25, 0.3) is 0 Å². The number of nitrogens with one attached hydrogen (secondary N) is 2. The highest BCUT2D eigenvalue weighted by Crippen LogP contribution is 2.38. The van der Waals surface area contributed by atoms with Crippen LogP contribution in [0.3, 0.4) is 0 Å². The molecule has 2 unspecified atom stereocenters. The van der Waals surface area contributed by atoms with Gasteiger partial charge in [0, 0.05) is 36.6 Å². The van der Waals surface area contributed by atoms with E-state index in [1.165, 1.54) is 17.7 Å². The molecule has 2 aliphatic heterocycles. The Kier molecular flexibility index (Phi) is 15.0. The third-order valence-electron chi connectivity index (χ3n) is 10.4. The minimum atomic E-state index is -0.750. The van der Waals surface area contributed by atoms with Crippen LogP contribution in [0.25, 0.3) is 10.4 Å². The van der Waals surface area contributed by atoms with Gasteiger partial charge in [-0.3, -0.25) is 14.4 Å². The van der Waals surface area contributed by atoms with Gasteiger partial charge in [-0.05, 0) is 106 Å². The molecule has 1 aliphatic carbocycles. The molecule has 0 bridgehead atoms. The van der Waals surface area contributed by atoms with Crippen molar-refractivity contribution < 1.29 is 23.5 Å². The van der Waals surface area contributed by atoms with E-state index in [-0.39, 0.29) is 11.8 Å². The van der Waals surface area contributed by atoms with Gasteiger partial charge < -0.3 is 25.2 Å². The summed E-state index contributed by atoms with van der Waals surface area (Å²) in [6.45, 7) is 14.2. The number of ether oxygens (including phenoxy) is 1. The van der Waals surface area contributed by atoms with Gasteiger partial charge in [-0.1, -0.05) is 51.1 Å². The molecule has 0 spiro atoms. The lowest BCUT2D eigenvalue weighted by Crippen LogP contribution is -2.56. The van der Waals surface area contributed by atoms with Crippen LogP contribution in [0.5, 0.6) is 5.75 Å². The molecule has 3 heterocycles. The summed E-state index contributed by atoms with van der Waals surface area (Å²) in [7, 11) is 0. The van der Waals surface area contributed by atoms with Crippen LogP contribution in [0.2, 0.25) is 0 Å². The van der Waals surface area contributed by atoms with Crippen molar-refractivity contribution >= 4 is 41.3 Å². The Hall–Kier alpha value is -3.48. The maximum Gasteiger partial charge on any atom is 0.246 e. The predicted octanol–water partition coefficient (Wildman–Crippen LogP) is 7.67. The molecule has 1 saturated carbocycles. The Morgan fingerprint density at radius 2 is 1.89 bits per heavy atom. The smallest absolute Gasteiger partial charge is 0.246 e. The standard InChI is InChI=1S/C38H51N5O4S2.C4H7F/c1-27-34(49-26-41-27)29-14-15-30(22-39-36(45)32-13-10-18-43(32)37(46)35(40-25-44)38(2,3)4)33(21-29)47-19-16-28-23-42(24-28)17-8-9-20-48-31-11-6-5-7-12-31;1-4(5)2-3-4/h5-7,11-12,14-15,21,25-26,28,32,35H,8-10,13,16-20,22-24H2,1-4H3,(H,39,45)(H,40,44);2-3H2,1H3. The number of nitrogens with zero attached hydrogens (tertiary/aromatic N) is 3. The zero-order valence-corrected chi connectivity index (χ0v) is 34.2. The van der Waals surface area contributed by atoms with Gasteiger partial charge in [0.2, 0.25) is 18.2 Å². The minimum Gasteiger partial charge on any atom is -0.493 e. The zero-order valence-electron chi connectivity index (χ0n) is 32.6. The van der Waals surface area contributed by atoms with E-state index in [0.717, 1.165) is 78.5 Å². The fraction of sp³-hybridized carbons (Fsp3) is 0.571. The molecule has 294 valence electrons. The number of rotatable bonds is 17. The van der Waals surface area contributed by atoms with Crippen LogP contribution in [0.15, 0.2) is 58.9 Å². The Morgan fingerprint density at radius 3 is 2.54 bits per heavy atom. The molecule has 3 aliphatic rings. The molecule has 2 N–H and O–H groups in total. The summed E-state index contributed by atoms with van der Waals surface area (Å²) in [5.41, 5.74) is 3.55. The van der Waals surface area contributed by atoms with Crippen LogP contribution in [-0.4, -0.2) is 89.3 Å². The molecule has 3 fully saturated rings. The van der Waals surface area contributed by atoms with E-state index < -0.39 is 23.2 Å². The number of thiazole rings is 1. The molecule has 12 heteroatoms. The molecule has 2 atom stereocenters. The number of hydrogen-bond acceptors (Lipinski definition) is 8. The quantitative estimate of drug-likeness (QED) is 0.0824. The number of carbonyl (C=O) groups is 3. The molecule has 2 saturated heterocycles. The number of aromatic nitrogens is 1. The number of amides is 3. The summed E-state index contributed by atoms with van der Waals surface area (Å²) >= 11 is 3.54. The number of benzene rings is 2. The number of thioether (sulfide) groups is 1. The van der Waals surface area contributed by atoms with Crippen molar-refractivity contribution in [3.8, 4) is 16.2 Å². The molecule has 0 radical (unpaired) electrons. The number of unbranched alkanes of at least 4 members (excludes halogenated alkanes) is 1. The first kappa shape index (κ1) is 41.7. The van der Waals surface area contributed by atoms with Crippen molar-refractivity contribution in [1.82, 2.24) is 25.4 Å². The van der Waals surface area contributed by atoms with Gasteiger partial charge in [-0.15, -0.1) is 23.1 Å². The highest BCUT2D eigenvalue weighted by Gasteiger charge is 2.41. The molecule has 1 aromatic heterocycles. The predicted molar refractivity (Wildman–Crippen MR) is 217 cm³/mol. The molecule has 6 rings (SSSR count). The fourth-order valence-electron chi connectivity index (χ4n) is 6.78. The van der Waals surface area contributed by atoms with Gasteiger partial charge in [0.15, 0.2) is 0 Å². The van der Waals surface area contributed by atoms with Gasteiger partial charge in [-0.25, -0.2) is 9.37 Å². The normalized spacial score (nSPS) is 18.6. The van der Waals surface area contributed by atoms with Crippen LogP contribution < -0.4 is 15.4 Å². The summed E-state index contributed by atoms with van der Waals surface area (Å²) in [4.78, 5) is 49.2. The first-order valence-electron chi connectivity index (χ1n) is 19.4. The molecule has 3 aromatic rings.